The molecule has 0 spiro atoms. The molecule has 1 aromatic rings. The average molecular weight is 166 g/mol. The molecule has 0 aliphatic heterocycles. The number of aromatic hydroxyl groups is 1. The van der Waals surface area contributed by atoms with Crippen molar-refractivity contribution in [3.05, 3.63) is 23.8 Å². The molecule has 1 aromatic carbocycles. The molecule has 0 unspecified atom stereocenters. The summed E-state index contributed by atoms with van der Waals surface area (Å²) in [5, 5.41) is 12.2. The Morgan fingerprint density at radius 3 is 2.67 bits per heavy atom. The minimum absolute atomic E-state index is 0.00213. The predicted molar refractivity (Wildman–Crippen MR) is 50.3 cm³/mol. The Morgan fingerprint density at radius 1 is 1.50 bits per heavy atom. The van der Waals surface area contributed by atoms with Crippen molar-refractivity contribution in [3.63, 3.8) is 0 Å². The summed E-state index contributed by atoms with van der Waals surface area (Å²) in [6, 6.07) is 5.31. The van der Waals surface area contributed by atoms with Gasteiger partial charge in [-0.25, -0.2) is 0 Å². The zero-order valence-corrected chi connectivity index (χ0v) is 7.33. The van der Waals surface area contributed by atoms with Gasteiger partial charge in [-0.1, -0.05) is 6.07 Å². The van der Waals surface area contributed by atoms with Gasteiger partial charge in [0.2, 0.25) is 0 Å². The molecule has 1 rings (SSSR count). The van der Waals surface area contributed by atoms with E-state index in [1.807, 2.05) is 19.1 Å². The quantitative estimate of drug-likeness (QED) is 0.583. The van der Waals surface area contributed by atoms with Crippen molar-refractivity contribution in [1.82, 2.24) is 0 Å². The van der Waals surface area contributed by atoms with Crippen LogP contribution in [0.25, 0.3) is 0 Å². The van der Waals surface area contributed by atoms with Crippen LogP contribution in [0.4, 0.5) is 5.69 Å². The van der Waals surface area contributed by atoms with E-state index in [1.165, 1.54) is 0 Å². The molecule has 66 valence electrons. The van der Waals surface area contributed by atoms with Crippen LogP contribution >= 0.6 is 0 Å². The summed E-state index contributed by atoms with van der Waals surface area (Å²) in [7, 11) is 1.76. The summed E-state index contributed by atoms with van der Waals surface area (Å²) in [5.74, 6) is 0.252. The fourth-order valence-corrected chi connectivity index (χ4v) is 1.04. The van der Waals surface area contributed by atoms with E-state index >= 15 is 0 Å². The number of phenols is 1. The zero-order chi connectivity index (χ0) is 9.14. The lowest BCUT2D eigenvalue weighted by Gasteiger charge is -2.09. The molecule has 0 aliphatic carbocycles. The molecule has 0 amide bonds. The van der Waals surface area contributed by atoms with Gasteiger partial charge in [0.25, 0.3) is 0 Å². The first-order valence-corrected chi connectivity index (χ1v) is 3.91. The minimum atomic E-state index is -0.00213. The van der Waals surface area contributed by atoms with Crippen molar-refractivity contribution in [2.24, 2.45) is 5.73 Å². The molecule has 0 heterocycles. The number of hydrogen-bond acceptors (Lipinski definition) is 3. The molecular weight excluding hydrogens is 152 g/mol. The van der Waals surface area contributed by atoms with E-state index in [0.717, 1.165) is 5.56 Å². The molecule has 0 saturated carbocycles. The maximum absolute atomic E-state index is 9.31. The van der Waals surface area contributed by atoms with Gasteiger partial charge < -0.3 is 16.2 Å². The summed E-state index contributed by atoms with van der Waals surface area (Å²) >= 11 is 0. The molecule has 0 radical (unpaired) electrons. The fraction of sp³-hybridized carbons (Fsp3) is 0.333. The van der Waals surface area contributed by atoms with Crippen molar-refractivity contribution in [2.75, 3.05) is 12.4 Å². The molecule has 0 saturated heterocycles. The lowest BCUT2D eigenvalue weighted by molar-refractivity contribution is 0.477. The third-order valence-electron chi connectivity index (χ3n) is 1.82. The second-order valence-electron chi connectivity index (χ2n) is 2.82. The van der Waals surface area contributed by atoms with E-state index in [2.05, 4.69) is 5.32 Å². The van der Waals surface area contributed by atoms with Crippen molar-refractivity contribution >= 4 is 5.69 Å². The Bertz CT molecular complexity index is 271. The molecule has 12 heavy (non-hydrogen) atoms. The van der Waals surface area contributed by atoms with Crippen LogP contribution in [0.15, 0.2) is 18.2 Å². The molecule has 3 heteroatoms. The number of hydrogen-bond donors (Lipinski definition) is 3. The van der Waals surface area contributed by atoms with Gasteiger partial charge in [0.15, 0.2) is 0 Å². The van der Waals surface area contributed by atoms with Crippen LogP contribution in [0.3, 0.4) is 0 Å². The van der Waals surface area contributed by atoms with Crippen LogP contribution in [0.2, 0.25) is 0 Å². The average Bonchev–Trinajstić information content (AvgIpc) is 2.05. The standard InChI is InChI=1S/C9H14N2O/c1-6(10)7-3-4-9(12)8(5-7)11-2/h3-6,11-12H,10H2,1-2H3/t6-/m1/s1. The number of nitrogens with one attached hydrogen (secondary N) is 1. The Kier molecular flexibility index (Phi) is 2.55. The second-order valence-corrected chi connectivity index (χ2v) is 2.82. The molecule has 0 aromatic heterocycles. The summed E-state index contributed by atoms with van der Waals surface area (Å²) in [4.78, 5) is 0. The van der Waals surface area contributed by atoms with Gasteiger partial charge in [0.05, 0.1) is 5.69 Å². The van der Waals surface area contributed by atoms with Crippen LogP contribution in [0.5, 0.6) is 5.75 Å². The maximum Gasteiger partial charge on any atom is 0.138 e. The highest BCUT2D eigenvalue weighted by Gasteiger charge is 2.03. The normalized spacial score (nSPS) is 12.6. The molecular formula is C9H14N2O. The van der Waals surface area contributed by atoms with Crippen LogP contribution in [0.1, 0.15) is 18.5 Å². The lowest BCUT2D eigenvalue weighted by atomic mass is 10.1. The van der Waals surface area contributed by atoms with Gasteiger partial charge in [-0.2, -0.15) is 0 Å². The van der Waals surface area contributed by atoms with Crippen LogP contribution < -0.4 is 11.1 Å². The first-order valence-electron chi connectivity index (χ1n) is 3.91. The number of anilines is 1. The van der Waals surface area contributed by atoms with E-state index in [4.69, 9.17) is 5.73 Å². The van der Waals surface area contributed by atoms with Gasteiger partial charge in [-0.3, -0.25) is 0 Å². The fourth-order valence-electron chi connectivity index (χ4n) is 1.04. The van der Waals surface area contributed by atoms with E-state index < -0.39 is 0 Å². The molecule has 3 nitrogen and oxygen atoms in total. The Hall–Kier alpha value is -1.22. The van der Waals surface area contributed by atoms with Crippen LogP contribution in [-0.4, -0.2) is 12.2 Å². The second kappa shape index (κ2) is 3.45. The van der Waals surface area contributed by atoms with E-state index in [9.17, 15) is 5.11 Å². The Balaban J connectivity index is 3.05. The topological polar surface area (TPSA) is 58.3 Å². The molecule has 4 N–H and O–H groups in total. The summed E-state index contributed by atoms with van der Waals surface area (Å²) in [6.45, 7) is 1.91. The first-order chi connectivity index (χ1) is 5.65. The van der Waals surface area contributed by atoms with Crippen LogP contribution in [0, 0.1) is 0 Å². The summed E-state index contributed by atoms with van der Waals surface area (Å²) in [5.41, 5.74) is 7.40. The summed E-state index contributed by atoms with van der Waals surface area (Å²) in [6.07, 6.45) is 0. The van der Waals surface area contributed by atoms with Gasteiger partial charge in [0, 0.05) is 13.1 Å². The number of phenolic OH excluding ortho intramolecular Hbond substituents is 1. The van der Waals surface area contributed by atoms with Crippen molar-refractivity contribution < 1.29 is 5.11 Å². The van der Waals surface area contributed by atoms with E-state index in [0.29, 0.717) is 5.69 Å². The minimum Gasteiger partial charge on any atom is -0.506 e. The largest absolute Gasteiger partial charge is 0.506 e. The maximum atomic E-state index is 9.31. The monoisotopic (exact) mass is 166 g/mol. The van der Waals surface area contributed by atoms with Crippen LogP contribution in [-0.2, 0) is 0 Å². The highest BCUT2D eigenvalue weighted by Crippen LogP contribution is 2.25. The van der Waals surface area contributed by atoms with Crippen molar-refractivity contribution in [1.29, 1.82) is 0 Å². The summed E-state index contributed by atoms with van der Waals surface area (Å²) < 4.78 is 0. The zero-order valence-electron chi connectivity index (χ0n) is 7.33. The third-order valence-corrected chi connectivity index (χ3v) is 1.82. The smallest absolute Gasteiger partial charge is 0.138 e. The highest BCUT2D eigenvalue weighted by molar-refractivity contribution is 5.57. The molecule has 1 atom stereocenters. The SMILES string of the molecule is CNc1cc([C@@H](C)N)ccc1O. The number of rotatable bonds is 2. The molecule has 0 bridgehead atoms. The Morgan fingerprint density at radius 2 is 2.17 bits per heavy atom. The van der Waals surface area contributed by atoms with E-state index in [-0.39, 0.29) is 11.8 Å². The predicted octanol–water partition coefficient (Wildman–Crippen LogP) is 1.45. The van der Waals surface area contributed by atoms with E-state index in [1.54, 1.807) is 13.1 Å². The van der Waals surface area contributed by atoms with Gasteiger partial charge in [-0.05, 0) is 24.6 Å². The van der Waals surface area contributed by atoms with Crippen molar-refractivity contribution in [3.8, 4) is 5.75 Å². The lowest BCUT2D eigenvalue weighted by Crippen LogP contribution is -2.05. The van der Waals surface area contributed by atoms with Gasteiger partial charge in [-0.15, -0.1) is 0 Å². The third kappa shape index (κ3) is 1.68. The number of nitrogens with two attached hydrogens (primary N) is 1. The number of benzene rings is 1. The van der Waals surface area contributed by atoms with Gasteiger partial charge >= 0.3 is 0 Å². The highest BCUT2D eigenvalue weighted by atomic mass is 16.3. The molecule has 0 fully saturated rings. The Labute approximate surface area is 72.2 Å². The first kappa shape index (κ1) is 8.87. The van der Waals surface area contributed by atoms with Crippen molar-refractivity contribution in [2.45, 2.75) is 13.0 Å². The molecule has 0 aliphatic rings. The van der Waals surface area contributed by atoms with Gasteiger partial charge in [0.1, 0.15) is 5.75 Å².